The van der Waals surface area contributed by atoms with Crippen LogP contribution in [0.1, 0.15) is 5.56 Å². The molecule has 3 rings (SSSR count). The molecule has 0 aliphatic rings. The minimum absolute atomic E-state index is 1.16. The van der Waals surface area contributed by atoms with E-state index >= 15 is 0 Å². The Bertz CT molecular complexity index is 629. The van der Waals surface area contributed by atoms with Crippen LogP contribution >= 0.6 is 12.2 Å². The van der Waals surface area contributed by atoms with Crippen LogP contribution in [0.4, 0.5) is 0 Å². The van der Waals surface area contributed by atoms with Gasteiger partial charge in [-0.15, -0.1) is 0 Å². The predicted molar refractivity (Wildman–Crippen MR) is 74.2 cm³/mol. The maximum Gasteiger partial charge on any atom is 0.00986 e. The Morgan fingerprint density at radius 2 is 1.25 bits per heavy atom. The molecule has 0 saturated heterocycles. The van der Waals surface area contributed by atoms with Gasteiger partial charge in [0.1, 0.15) is 0 Å². The van der Waals surface area contributed by atoms with Crippen LogP contribution in [0.25, 0.3) is 21.5 Å². The largest absolute Gasteiger partial charge is 0.0880 e. The number of hydrogen-bond acceptors (Lipinski definition) is 1. The van der Waals surface area contributed by atoms with E-state index in [9.17, 15) is 0 Å². The van der Waals surface area contributed by atoms with E-state index in [0.29, 0.717) is 0 Å². The van der Waals surface area contributed by atoms with Crippen molar-refractivity contribution in [1.29, 1.82) is 0 Å². The minimum atomic E-state index is 1.16. The van der Waals surface area contributed by atoms with E-state index in [1.807, 2.05) is 0 Å². The molecule has 0 spiro atoms. The average molecular weight is 222 g/mol. The fourth-order valence-corrected chi connectivity index (χ4v) is 2.43. The van der Waals surface area contributed by atoms with Crippen molar-refractivity contribution in [3.05, 3.63) is 60.2 Å². The molecule has 0 aliphatic heterocycles. The van der Waals surface area contributed by atoms with Crippen LogP contribution in [0, 0.1) is 0 Å². The highest BCUT2D eigenvalue weighted by molar-refractivity contribution is 7.79. The maximum atomic E-state index is 5.15. The molecule has 0 fully saturated rings. The normalized spacial score (nSPS) is 10.8. The zero-order valence-electron chi connectivity index (χ0n) is 8.68. The Labute approximate surface area is 99.5 Å². The summed E-state index contributed by atoms with van der Waals surface area (Å²) in [5, 5.41) is 6.74. The molecule has 76 valence electrons. The van der Waals surface area contributed by atoms with Crippen molar-refractivity contribution >= 4 is 39.1 Å². The Kier molecular flexibility index (Phi) is 2.19. The van der Waals surface area contributed by atoms with Crippen molar-refractivity contribution in [3.8, 4) is 0 Å². The lowest BCUT2D eigenvalue weighted by Crippen LogP contribution is -1.86. The molecule has 0 heterocycles. The smallest absolute Gasteiger partial charge is 0.00986 e. The molecule has 0 aliphatic carbocycles. The highest BCUT2D eigenvalue weighted by atomic mass is 32.1. The molecule has 3 aromatic carbocycles. The van der Waals surface area contributed by atoms with Crippen LogP contribution in [0.5, 0.6) is 0 Å². The Hall–Kier alpha value is -1.73. The molecule has 0 nitrogen and oxygen atoms in total. The van der Waals surface area contributed by atoms with E-state index in [4.69, 9.17) is 12.2 Å². The van der Waals surface area contributed by atoms with Crippen molar-refractivity contribution in [2.75, 3.05) is 0 Å². The van der Waals surface area contributed by atoms with Gasteiger partial charge in [-0.3, -0.25) is 0 Å². The fourth-order valence-electron chi connectivity index (χ4n) is 2.18. The lowest BCUT2D eigenvalue weighted by molar-refractivity contribution is 1.75. The Morgan fingerprint density at radius 3 is 1.75 bits per heavy atom. The summed E-state index contributed by atoms with van der Waals surface area (Å²) in [6.45, 7) is 0. The summed E-state index contributed by atoms with van der Waals surface area (Å²) < 4.78 is 0. The second-order valence-corrected chi connectivity index (χ2v) is 4.09. The van der Waals surface area contributed by atoms with Gasteiger partial charge in [-0.2, -0.15) is 0 Å². The average Bonchev–Trinajstić information content (AvgIpc) is 2.36. The molecule has 1 heteroatoms. The molecule has 0 radical (unpaired) electrons. The highest BCUT2D eigenvalue weighted by Gasteiger charge is 2.03. The third-order valence-corrected chi connectivity index (χ3v) is 3.17. The van der Waals surface area contributed by atoms with Gasteiger partial charge in [-0.1, -0.05) is 60.7 Å². The quantitative estimate of drug-likeness (QED) is 0.436. The summed E-state index contributed by atoms with van der Waals surface area (Å²) >= 11 is 5.15. The Balaban J connectivity index is 2.61. The van der Waals surface area contributed by atoms with Crippen molar-refractivity contribution < 1.29 is 0 Å². The van der Waals surface area contributed by atoms with E-state index in [1.165, 1.54) is 21.5 Å². The fraction of sp³-hybridized carbons (Fsp3) is 0. The zero-order chi connectivity index (χ0) is 11.0. The van der Waals surface area contributed by atoms with Crippen LogP contribution in [0.3, 0.4) is 0 Å². The summed E-state index contributed by atoms with van der Waals surface area (Å²) in [6, 6.07) is 19.0. The van der Waals surface area contributed by atoms with E-state index < -0.39 is 0 Å². The van der Waals surface area contributed by atoms with Crippen LogP contribution < -0.4 is 0 Å². The SMILES string of the molecule is S=Cc1c2ccccc2cc2ccccc12. The molecule has 3 aromatic rings. The van der Waals surface area contributed by atoms with E-state index in [-0.39, 0.29) is 0 Å². The van der Waals surface area contributed by atoms with Crippen molar-refractivity contribution in [2.45, 2.75) is 0 Å². The van der Waals surface area contributed by atoms with Gasteiger partial charge in [-0.25, -0.2) is 0 Å². The first-order valence-corrected chi connectivity index (χ1v) is 5.73. The topological polar surface area (TPSA) is 0 Å². The van der Waals surface area contributed by atoms with E-state index in [2.05, 4.69) is 54.6 Å². The van der Waals surface area contributed by atoms with Crippen molar-refractivity contribution in [1.82, 2.24) is 0 Å². The van der Waals surface area contributed by atoms with Gasteiger partial charge < -0.3 is 0 Å². The zero-order valence-corrected chi connectivity index (χ0v) is 9.50. The van der Waals surface area contributed by atoms with Gasteiger partial charge in [0.15, 0.2) is 0 Å². The maximum absolute atomic E-state index is 5.15. The highest BCUT2D eigenvalue weighted by Crippen LogP contribution is 2.27. The van der Waals surface area contributed by atoms with Gasteiger partial charge in [-0.05, 0) is 27.6 Å². The minimum Gasteiger partial charge on any atom is -0.0880 e. The molecular formula is C15H10S. The summed E-state index contributed by atoms with van der Waals surface area (Å²) in [4.78, 5) is 0. The van der Waals surface area contributed by atoms with Crippen LogP contribution in [0.15, 0.2) is 54.6 Å². The monoisotopic (exact) mass is 222 g/mol. The molecule has 0 unspecified atom stereocenters. The summed E-state index contributed by atoms with van der Waals surface area (Å²) in [7, 11) is 0. The molecule has 0 saturated carbocycles. The summed E-state index contributed by atoms with van der Waals surface area (Å²) in [6.07, 6.45) is 0. The molecular weight excluding hydrogens is 212 g/mol. The molecule has 0 amide bonds. The predicted octanol–water partition coefficient (Wildman–Crippen LogP) is 4.34. The first-order chi connectivity index (χ1) is 7.90. The van der Waals surface area contributed by atoms with Gasteiger partial charge in [0, 0.05) is 10.9 Å². The summed E-state index contributed by atoms with van der Waals surface area (Å²) in [5.41, 5.74) is 1.16. The third-order valence-electron chi connectivity index (χ3n) is 2.93. The lowest BCUT2D eigenvalue weighted by Gasteiger charge is -2.06. The molecule has 0 aromatic heterocycles. The van der Waals surface area contributed by atoms with E-state index in [1.54, 1.807) is 5.37 Å². The number of fused-ring (bicyclic) bond motifs is 2. The standard InChI is InChI=1S/C15H10S/c16-10-15-13-7-3-1-5-11(13)9-12-6-2-4-8-14(12)15/h1-10H. The third kappa shape index (κ3) is 1.33. The molecule has 0 atom stereocenters. The molecule has 0 N–H and O–H groups in total. The molecule has 16 heavy (non-hydrogen) atoms. The lowest BCUT2D eigenvalue weighted by atomic mass is 9.98. The van der Waals surface area contributed by atoms with Crippen LogP contribution in [0.2, 0.25) is 0 Å². The number of thiocarbonyl (C=S) groups is 1. The van der Waals surface area contributed by atoms with Crippen molar-refractivity contribution in [2.24, 2.45) is 0 Å². The number of rotatable bonds is 1. The first kappa shape index (κ1) is 9.49. The summed E-state index contributed by atoms with van der Waals surface area (Å²) in [5.74, 6) is 0. The van der Waals surface area contributed by atoms with Gasteiger partial charge >= 0.3 is 0 Å². The Morgan fingerprint density at radius 1 is 0.750 bits per heavy atom. The van der Waals surface area contributed by atoms with Crippen LogP contribution in [-0.2, 0) is 0 Å². The second-order valence-electron chi connectivity index (χ2n) is 3.85. The molecule has 0 bridgehead atoms. The number of benzene rings is 3. The van der Waals surface area contributed by atoms with Gasteiger partial charge in [0.05, 0.1) is 0 Å². The van der Waals surface area contributed by atoms with Gasteiger partial charge in [0.2, 0.25) is 0 Å². The second kappa shape index (κ2) is 3.69. The first-order valence-electron chi connectivity index (χ1n) is 5.26. The van der Waals surface area contributed by atoms with Crippen molar-refractivity contribution in [3.63, 3.8) is 0 Å². The van der Waals surface area contributed by atoms with Crippen LogP contribution in [-0.4, -0.2) is 5.37 Å². The number of hydrogen-bond donors (Lipinski definition) is 0. The van der Waals surface area contributed by atoms with E-state index in [0.717, 1.165) is 5.56 Å². The van der Waals surface area contributed by atoms with Gasteiger partial charge in [0.25, 0.3) is 0 Å².